The number of piperidine rings is 1. The Kier molecular flexibility index (Phi) is 5.26. The first kappa shape index (κ1) is 17.5. The molecule has 0 saturated carbocycles. The minimum atomic E-state index is -0.157. The standard InChI is InChI=1S/C23H28FNO/c24-20-6-4-17(5-7-20)10-13-25-14-11-18(12-15-25)22-3-1-2-19-16-21(26)8-9-23(19)22/h4-9,16,18,22,26H,1-3,10-15H2. The van der Waals surface area contributed by atoms with Crippen molar-refractivity contribution >= 4 is 0 Å². The second-order valence-electron chi connectivity index (χ2n) is 7.94. The van der Waals surface area contributed by atoms with Crippen LogP contribution >= 0.6 is 0 Å². The predicted molar refractivity (Wildman–Crippen MR) is 103 cm³/mol. The van der Waals surface area contributed by atoms with Crippen molar-refractivity contribution in [2.24, 2.45) is 5.92 Å². The second kappa shape index (κ2) is 7.79. The van der Waals surface area contributed by atoms with Gasteiger partial charge in [-0.15, -0.1) is 0 Å². The Morgan fingerprint density at radius 2 is 1.77 bits per heavy atom. The highest BCUT2D eigenvalue weighted by Gasteiger charge is 2.30. The Morgan fingerprint density at radius 1 is 1.00 bits per heavy atom. The topological polar surface area (TPSA) is 23.5 Å². The average Bonchev–Trinajstić information content (AvgIpc) is 2.67. The summed E-state index contributed by atoms with van der Waals surface area (Å²) in [7, 11) is 0. The molecule has 0 amide bonds. The van der Waals surface area contributed by atoms with E-state index in [4.69, 9.17) is 0 Å². The number of phenolic OH excluding ortho intramolecular Hbond substituents is 1. The van der Waals surface area contributed by atoms with Crippen molar-refractivity contribution in [3.8, 4) is 5.75 Å². The summed E-state index contributed by atoms with van der Waals surface area (Å²) in [6.07, 6.45) is 7.15. The van der Waals surface area contributed by atoms with E-state index in [1.54, 1.807) is 12.1 Å². The SMILES string of the molecule is Oc1ccc2c(c1)CCCC2C1CCN(CCc2ccc(F)cc2)CC1. The van der Waals surface area contributed by atoms with Crippen molar-refractivity contribution in [3.63, 3.8) is 0 Å². The van der Waals surface area contributed by atoms with Gasteiger partial charge in [-0.2, -0.15) is 0 Å². The van der Waals surface area contributed by atoms with Crippen molar-refractivity contribution in [3.05, 3.63) is 65.0 Å². The molecule has 4 rings (SSSR count). The molecule has 1 aliphatic heterocycles. The van der Waals surface area contributed by atoms with Crippen LogP contribution in [0.2, 0.25) is 0 Å². The summed E-state index contributed by atoms with van der Waals surface area (Å²) in [5, 5.41) is 9.76. The lowest BCUT2D eigenvalue weighted by Crippen LogP contribution is -2.37. The Balaban J connectivity index is 1.32. The fraction of sp³-hybridized carbons (Fsp3) is 0.478. The Bertz CT molecular complexity index is 734. The van der Waals surface area contributed by atoms with Crippen LogP contribution in [0.3, 0.4) is 0 Å². The van der Waals surface area contributed by atoms with E-state index in [-0.39, 0.29) is 5.82 Å². The maximum absolute atomic E-state index is 13.0. The minimum absolute atomic E-state index is 0.157. The van der Waals surface area contributed by atoms with Gasteiger partial charge in [-0.1, -0.05) is 18.2 Å². The number of likely N-dealkylation sites (tertiary alicyclic amines) is 1. The maximum Gasteiger partial charge on any atom is 0.123 e. The summed E-state index contributed by atoms with van der Waals surface area (Å²) in [6, 6.07) is 12.9. The van der Waals surface area contributed by atoms with Gasteiger partial charge in [-0.05, 0) is 104 Å². The minimum Gasteiger partial charge on any atom is -0.508 e. The van der Waals surface area contributed by atoms with E-state index in [9.17, 15) is 9.50 Å². The van der Waals surface area contributed by atoms with Crippen LogP contribution in [0.5, 0.6) is 5.75 Å². The first-order valence-corrected chi connectivity index (χ1v) is 9.97. The number of nitrogens with zero attached hydrogens (tertiary/aromatic N) is 1. The van der Waals surface area contributed by atoms with Gasteiger partial charge in [0.15, 0.2) is 0 Å². The zero-order valence-corrected chi connectivity index (χ0v) is 15.3. The molecular weight excluding hydrogens is 325 g/mol. The highest BCUT2D eigenvalue weighted by Crippen LogP contribution is 2.42. The molecule has 2 aliphatic rings. The van der Waals surface area contributed by atoms with Gasteiger partial charge >= 0.3 is 0 Å². The predicted octanol–water partition coefficient (Wildman–Crippen LogP) is 4.91. The quantitative estimate of drug-likeness (QED) is 0.844. The Morgan fingerprint density at radius 3 is 2.54 bits per heavy atom. The molecule has 1 N–H and O–H groups in total. The van der Waals surface area contributed by atoms with Crippen molar-refractivity contribution in [2.75, 3.05) is 19.6 Å². The molecule has 1 aliphatic carbocycles. The van der Waals surface area contributed by atoms with E-state index < -0.39 is 0 Å². The molecule has 0 bridgehead atoms. The molecule has 2 nitrogen and oxygen atoms in total. The lowest BCUT2D eigenvalue weighted by molar-refractivity contribution is 0.164. The van der Waals surface area contributed by atoms with Crippen molar-refractivity contribution in [2.45, 2.75) is 44.4 Å². The number of rotatable bonds is 4. The third kappa shape index (κ3) is 3.93. The van der Waals surface area contributed by atoms with E-state index in [1.807, 2.05) is 24.3 Å². The lowest BCUT2D eigenvalue weighted by Gasteiger charge is -2.38. The highest BCUT2D eigenvalue weighted by molar-refractivity contribution is 5.39. The number of aromatic hydroxyl groups is 1. The van der Waals surface area contributed by atoms with Crippen LogP contribution in [0.15, 0.2) is 42.5 Å². The van der Waals surface area contributed by atoms with Gasteiger partial charge in [-0.25, -0.2) is 4.39 Å². The van der Waals surface area contributed by atoms with Crippen LogP contribution in [0, 0.1) is 11.7 Å². The fourth-order valence-corrected chi connectivity index (χ4v) is 4.85. The van der Waals surface area contributed by atoms with Gasteiger partial charge in [0.05, 0.1) is 0 Å². The lowest BCUT2D eigenvalue weighted by atomic mass is 9.72. The van der Waals surface area contributed by atoms with Gasteiger partial charge in [0.2, 0.25) is 0 Å². The molecule has 26 heavy (non-hydrogen) atoms. The maximum atomic E-state index is 13.0. The zero-order chi connectivity index (χ0) is 17.9. The Labute approximate surface area is 155 Å². The molecule has 2 aromatic rings. The van der Waals surface area contributed by atoms with Gasteiger partial charge in [0.25, 0.3) is 0 Å². The molecule has 1 atom stereocenters. The molecule has 1 unspecified atom stereocenters. The van der Waals surface area contributed by atoms with Gasteiger partial charge in [0, 0.05) is 6.54 Å². The summed E-state index contributed by atoms with van der Waals surface area (Å²) in [6.45, 7) is 3.39. The summed E-state index contributed by atoms with van der Waals surface area (Å²) in [5.41, 5.74) is 4.06. The van der Waals surface area contributed by atoms with Gasteiger partial charge < -0.3 is 10.0 Å². The van der Waals surface area contributed by atoms with Crippen LogP contribution in [0.1, 0.15) is 48.3 Å². The van der Waals surface area contributed by atoms with Crippen molar-refractivity contribution in [1.29, 1.82) is 0 Å². The smallest absolute Gasteiger partial charge is 0.123 e. The molecule has 0 radical (unpaired) electrons. The number of hydrogen-bond donors (Lipinski definition) is 1. The third-order valence-corrected chi connectivity index (χ3v) is 6.32. The second-order valence-corrected chi connectivity index (χ2v) is 7.94. The van der Waals surface area contributed by atoms with E-state index in [0.717, 1.165) is 38.4 Å². The van der Waals surface area contributed by atoms with E-state index in [2.05, 4.69) is 11.0 Å². The largest absolute Gasteiger partial charge is 0.508 e. The van der Waals surface area contributed by atoms with Crippen LogP contribution in [-0.4, -0.2) is 29.6 Å². The molecule has 3 heteroatoms. The fourth-order valence-electron chi connectivity index (χ4n) is 4.85. The molecular formula is C23H28FNO. The molecule has 0 aromatic heterocycles. The molecule has 2 aromatic carbocycles. The number of fused-ring (bicyclic) bond motifs is 1. The van der Waals surface area contributed by atoms with Crippen LogP contribution in [0.4, 0.5) is 4.39 Å². The van der Waals surface area contributed by atoms with E-state index in [0.29, 0.717) is 11.7 Å². The summed E-state index contributed by atoms with van der Waals surface area (Å²) < 4.78 is 13.0. The monoisotopic (exact) mass is 353 g/mol. The van der Waals surface area contributed by atoms with Gasteiger partial charge in [-0.3, -0.25) is 0 Å². The van der Waals surface area contributed by atoms with E-state index in [1.165, 1.54) is 42.4 Å². The van der Waals surface area contributed by atoms with Crippen LogP contribution in [0.25, 0.3) is 0 Å². The number of hydrogen-bond acceptors (Lipinski definition) is 2. The first-order valence-electron chi connectivity index (χ1n) is 9.97. The zero-order valence-electron chi connectivity index (χ0n) is 15.3. The average molecular weight is 353 g/mol. The summed E-state index contributed by atoms with van der Waals surface area (Å²) >= 11 is 0. The molecule has 138 valence electrons. The van der Waals surface area contributed by atoms with Crippen LogP contribution in [-0.2, 0) is 12.8 Å². The molecule has 1 heterocycles. The van der Waals surface area contributed by atoms with Gasteiger partial charge in [0.1, 0.15) is 11.6 Å². The summed E-state index contributed by atoms with van der Waals surface area (Å²) in [4.78, 5) is 2.56. The van der Waals surface area contributed by atoms with Crippen molar-refractivity contribution in [1.82, 2.24) is 4.90 Å². The third-order valence-electron chi connectivity index (χ3n) is 6.32. The highest BCUT2D eigenvalue weighted by atomic mass is 19.1. The first-order chi connectivity index (χ1) is 12.7. The number of aryl methyl sites for hydroxylation is 1. The Hall–Kier alpha value is -1.87. The number of phenols is 1. The van der Waals surface area contributed by atoms with Crippen molar-refractivity contribution < 1.29 is 9.50 Å². The summed E-state index contributed by atoms with van der Waals surface area (Å²) in [5.74, 6) is 1.68. The van der Waals surface area contributed by atoms with E-state index >= 15 is 0 Å². The number of halogens is 1. The normalized spacial score (nSPS) is 21.5. The molecule has 0 spiro atoms. The molecule has 1 fully saturated rings. The van der Waals surface area contributed by atoms with Crippen LogP contribution < -0.4 is 0 Å². The molecule has 1 saturated heterocycles. The number of benzene rings is 2.